The minimum absolute atomic E-state index is 0.212. The van der Waals surface area contributed by atoms with Crippen LogP contribution in [0.4, 0.5) is 0 Å². The number of aliphatic hydroxyl groups is 2. The second-order valence-electron chi connectivity index (χ2n) is 4.21. The highest BCUT2D eigenvalue weighted by atomic mass is 16.7. The zero-order valence-corrected chi connectivity index (χ0v) is 10.2. The second kappa shape index (κ2) is 6.26. The van der Waals surface area contributed by atoms with Crippen LogP contribution in [0.2, 0.25) is 0 Å². The van der Waals surface area contributed by atoms with Gasteiger partial charge in [-0.2, -0.15) is 0 Å². The number of methoxy groups -OCH3 is 1. The Bertz CT molecular complexity index is 354. The standard InChI is InChI=1S/C13H18O5/c1-16-13-11(15)12(10(7-14)18-13)17-8-9-5-3-2-4-6-9/h2-6,10-15H,7-8H2,1H3/t10-,11?,12-,13-/m1/s1. The van der Waals surface area contributed by atoms with Gasteiger partial charge in [0.15, 0.2) is 6.29 Å². The van der Waals surface area contributed by atoms with Crippen LogP contribution in [-0.4, -0.2) is 48.5 Å². The van der Waals surface area contributed by atoms with Gasteiger partial charge in [0.2, 0.25) is 0 Å². The molecule has 1 aliphatic heterocycles. The normalized spacial score (nSPS) is 31.7. The Morgan fingerprint density at radius 1 is 1.28 bits per heavy atom. The van der Waals surface area contributed by atoms with Crippen molar-refractivity contribution < 1.29 is 24.4 Å². The zero-order valence-electron chi connectivity index (χ0n) is 10.2. The fourth-order valence-corrected chi connectivity index (χ4v) is 2.02. The van der Waals surface area contributed by atoms with Crippen molar-refractivity contribution >= 4 is 0 Å². The summed E-state index contributed by atoms with van der Waals surface area (Å²) in [4.78, 5) is 0. The SMILES string of the molecule is CO[C@@H]1O[C@H](CO)[C@@H](OCc2ccccc2)C1O. The molecule has 1 aromatic rings. The maximum absolute atomic E-state index is 9.94. The first-order valence-corrected chi connectivity index (χ1v) is 5.89. The number of hydrogen-bond donors (Lipinski definition) is 2. The van der Waals surface area contributed by atoms with E-state index in [2.05, 4.69) is 0 Å². The molecule has 0 saturated carbocycles. The first kappa shape index (κ1) is 13.5. The minimum Gasteiger partial charge on any atom is -0.394 e. The summed E-state index contributed by atoms with van der Waals surface area (Å²) in [5.41, 5.74) is 1.00. The Kier molecular flexibility index (Phi) is 4.68. The molecule has 0 aliphatic carbocycles. The van der Waals surface area contributed by atoms with Crippen LogP contribution < -0.4 is 0 Å². The van der Waals surface area contributed by atoms with Crippen molar-refractivity contribution in [2.24, 2.45) is 0 Å². The molecule has 0 amide bonds. The average molecular weight is 254 g/mol. The summed E-state index contributed by atoms with van der Waals surface area (Å²) in [6.45, 7) is 0.148. The van der Waals surface area contributed by atoms with Crippen LogP contribution in [0.5, 0.6) is 0 Å². The lowest BCUT2D eigenvalue weighted by Crippen LogP contribution is -2.36. The van der Waals surface area contributed by atoms with Crippen molar-refractivity contribution in [1.82, 2.24) is 0 Å². The van der Waals surface area contributed by atoms with Crippen LogP contribution in [-0.2, 0) is 20.8 Å². The summed E-state index contributed by atoms with van der Waals surface area (Å²) < 4.78 is 15.9. The van der Waals surface area contributed by atoms with Gasteiger partial charge in [0.25, 0.3) is 0 Å². The summed E-state index contributed by atoms with van der Waals surface area (Å²) in [7, 11) is 1.45. The van der Waals surface area contributed by atoms with E-state index in [0.29, 0.717) is 6.61 Å². The number of rotatable bonds is 5. The van der Waals surface area contributed by atoms with Crippen molar-refractivity contribution in [3.8, 4) is 0 Å². The Morgan fingerprint density at radius 3 is 2.61 bits per heavy atom. The van der Waals surface area contributed by atoms with Gasteiger partial charge >= 0.3 is 0 Å². The summed E-state index contributed by atoms with van der Waals surface area (Å²) in [6, 6.07) is 9.63. The van der Waals surface area contributed by atoms with Gasteiger partial charge in [0.1, 0.15) is 18.3 Å². The third kappa shape index (κ3) is 2.88. The third-order valence-corrected chi connectivity index (χ3v) is 2.99. The highest BCUT2D eigenvalue weighted by Crippen LogP contribution is 2.25. The molecule has 1 aliphatic rings. The summed E-state index contributed by atoms with van der Waals surface area (Å²) in [5.74, 6) is 0. The van der Waals surface area contributed by atoms with E-state index >= 15 is 0 Å². The van der Waals surface area contributed by atoms with Crippen LogP contribution in [0.3, 0.4) is 0 Å². The Balaban J connectivity index is 1.95. The van der Waals surface area contributed by atoms with Crippen molar-refractivity contribution in [3.63, 3.8) is 0 Å². The lowest BCUT2D eigenvalue weighted by atomic mass is 10.1. The maximum Gasteiger partial charge on any atom is 0.186 e. The fraction of sp³-hybridized carbons (Fsp3) is 0.538. The molecule has 2 rings (SSSR count). The quantitative estimate of drug-likeness (QED) is 0.791. The second-order valence-corrected chi connectivity index (χ2v) is 4.21. The topological polar surface area (TPSA) is 68.2 Å². The van der Waals surface area contributed by atoms with Gasteiger partial charge in [0, 0.05) is 7.11 Å². The molecule has 2 N–H and O–H groups in total. The van der Waals surface area contributed by atoms with Crippen LogP contribution in [0.25, 0.3) is 0 Å². The highest BCUT2D eigenvalue weighted by molar-refractivity contribution is 5.13. The molecule has 1 unspecified atom stereocenters. The van der Waals surface area contributed by atoms with Gasteiger partial charge in [-0.3, -0.25) is 0 Å². The lowest BCUT2D eigenvalue weighted by molar-refractivity contribution is -0.153. The molecule has 1 heterocycles. The number of aliphatic hydroxyl groups excluding tert-OH is 2. The molecule has 0 radical (unpaired) electrons. The van der Waals surface area contributed by atoms with Gasteiger partial charge < -0.3 is 24.4 Å². The first-order chi connectivity index (χ1) is 8.76. The summed E-state index contributed by atoms with van der Waals surface area (Å²) in [6.07, 6.45) is -2.78. The molecular formula is C13H18O5. The molecule has 0 spiro atoms. The van der Waals surface area contributed by atoms with Gasteiger partial charge in [-0.25, -0.2) is 0 Å². The van der Waals surface area contributed by atoms with Gasteiger partial charge in [-0.15, -0.1) is 0 Å². The zero-order chi connectivity index (χ0) is 13.0. The lowest BCUT2D eigenvalue weighted by Gasteiger charge is -2.19. The maximum atomic E-state index is 9.94. The van der Waals surface area contributed by atoms with Crippen molar-refractivity contribution in [1.29, 1.82) is 0 Å². The number of benzene rings is 1. The Morgan fingerprint density at radius 2 is 2.00 bits per heavy atom. The van der Waals surface area contributed by atoms with E-state index in [1.165, 1.54) is 7.11 Å². The molecule has 1 aromatic carbocycles. The van der Waals surface area contributed by atoms with E-state index in [4.69, 9.17) is 14.2 Å². The first-order valence-electron chi connectivity index (χ1n) is 5.89. The fourth-order valence-electron chi connectivity index (χ4n) is 2.02. The van der Waals surface area contributed by atoms with Crippen molar-refractivity contribution in [2.75, 3.05) is 13.7 Å². The molecule has 5 nitrogen and oxygen atoms in total. The molecule has 0 aromatic heterocycles. The average Bonchev–Trinajstić information content (AvgIpc) is 2.73. The molecule has 18 heavy (non-hydrogen) atoms. The van der Waals surface area contributed by atoms with Crippen LogP contribution in [0.15, 0.2) is 30.3 Å². The molecule has 5 heteroatoms. The van der Waals surface area contributed by atoms with Gasteiger partial charge in [-0.1, -0.05) is 30.3 Å². The summed E-state index contributed by atoms with van der Waals surface area (Å²) >= 11 is 0. The van der Waals surface area contributed by atoms with Crippen LogP contribution in [0, 0.1) is 0 Å². The largest absolute Gasteiger partial charge is 0.394 e. The van der Waals surface area contributed by atoms with E-state index in [9.17, 15) is 10.2 Å². The van der Waals surface area contributed by atoms with E-state index in [-0.39, 0.29) is 6.61 Å². The van der Waals surface area contributed by atoms with E-state index in [1.54, 1.807) is 0 Å². The van der Waals surface area contributed by atoms with Gasteiger partial charge in [-0.05, 0) is 5.56 Å². The van der Waals surface area contributed by atoms with E-state index < -0.39 is 24.6 Å². The van der Waals surface area contributed by atoms with Gasteiger partial charge in [0.05, 0.1) is 13.2 Å². The van der Waals surface area contributed by atoms with Crippen LogP contribution in [0.1, 0.15) is 5.56 Å². The predicted octanol–water partition coefficient (Wildman–Crippen LogP) is 0.296. The van der Waals surface area contributed by atoms with Crippen molar-refractivity contribution in [2.45, 2.75) is 31.2 Å². The molecule has 1 saturated heterocycles. The Hall–Kier alpha value is -0.980. The molecule has 1 fully saturated rings. The minimum atomic E-state index is -0.893. The molecule has 4 atom stereocenters. The van der Waals surface area contributed by atoms with E-state index in [1.807, 2.05) is 30.3 Å². The molecular weight excluding hydrogens is 236 g/mol. The summed E-state index contributed by atoms with van der Waals surface area (Å²) in [5, 5.41) is 19.1. The third-order valence-electron chi connectivity index (χ3n) is 2.99. The molecule has 100 valence electrons. The monoisotopic (exact) mass is 254 g/mol. The highest BCUT2D eigenvalue weighted by Gasteiger charge is 2.44. The number of hydrogen-bond acceptors (Lipinski definition) is 5. The number of ether oxygens (including phenoxy) is 3. The van der Waals surface area contributed by atoms with E-state index in [0.717, 1.165) is 5.56 Å². The molecule has 0 bridgehead atoms. The predicted molar refractivity (Wildman–Crippen MR) is 63.8 cm³/mol. The Labute approximate surface area is 106 Å². The smallest absolute Gasteiger partial charge is 0.186 e. The van der Waals surface area contributed by atoms with Crippen LogP contribution >= 0.6 is 0 Å². The van der Waals surface area contributed by atoms with Crippen molar-refractivity contribution in [3.05, 3.63) is 35.9 Å².